The Labute approximate surface area is 482 Å². The number of hydrogen-bond donors (Lipinski definition) is 6. The van der Waals surface area contributed by atoms with E-state index in [9.17, 15) is 39.6 Å². The Kier molecular flexibility index (Phi) is 23.0. The van der Waals surface area contributed by atoms with Gasteiger partial charge < -0.3 is 88.0 Å². The highest BCUT2D eigenvalue weighted by atomic mass is 16.7. The molecule has 0 spiro atoms. The number of pyridine rings is 1. The van der Waals surface area contributed by atoms with E-state index in [2.05, 4.69) is 15.8 Å². The maximum absolute atomic E-state index is 14.8. The van der Waals surface area contributed by atoms with Crippen LogP contribution in [0.25, 0.3) is 10.9 Å². The predicted octanol–water partition coefficient (Wildman–Crippen LogP) is 5.01. The fourth-order valence-electron chi connectivity index (χ4n) is 12.8. The summed E-state index contributed by atoms with van der Waals surface area (Å²) in [4.78, 5) is 61.1. The van der Waals surface area contributed by atoms with Crippen LogP contribution in [0.2, 0.25) is 0 Å². The van der Waals surface area contributed by atoms with Crippen LogP contribution in [0.15, 0.2) is 28.3 Å². The number of aromatic nitrogens is 1. The van der Waals surface area contributed by atoms with Gasteiger partial charge in [0.05, 0.1) is 59.7 Å². The van der Waals surface area contributed by atoms with Crippen molar-refractivity contribution in [2.75, 3.05) is 67.2 Å². The van der Waals surface area contributed by atoms with Crippen molar-refractivity contribution < 1.29 is 82.3 Å². The Morgan fingerprint density at radius 1 is 0.902 bits per heavy atom. The number of cyclic esters (lactones) is 1. The van der Waals surface area contributed by atoms with Crippen molar-refractivity contribution >= 4 is 40.2 Å². The molecule has 464 valence electrons. The molecule has 6 rings (SSSR count). The Bertz CT molecular complexity index is 2580. The average Bonchev–Trinajstić information content (AvgIpc) is 2.11. The Morgan fingerprint density at radius 2 is 1.59 bits per heavy atom. The summed E-state index contributed by atoms with van der Waals surface area (Å²) in [5.74, 6) is -5.75. The molecule has 23 nitrogen and oxygen atoms in total. The van der Waals surface area contributed by atoms with E-state index >= 15 is 0 Å². The largest absolute Gasteiger partial charge is 0.477 e. The van der Waals surface area contributed by atoms with Crippen LogP contribution in [0.3, 0.4) is 0 Å². The van der Waals surface area contributed by atoms with E-state index in [1.165, 1.54) is 34.4 Å². The minimum atomic E-state index is -1.98. The molecule has 3 saturated heterocycles. The van der Waals surface area contributed by atoms with Crippen molar-refractivity contribution in [2.24, 2.45) is 28.8 Å². The number of carbonyl (C=O) groups excluding carboxylic acids is 2. The molecule has 19 atom stereocenters. The van der Waals surface area contributed by atoms with Crippen LogP contribution in [0.5, 0.6) is 0 Å². The molecule has 23 heteroatoms. The van der Waals surface area contributed by atoms with E-state index in [1.807, 2.05) is 64.2 Å². The van der Waals surface area contributed by atoms with Gasteiger partial charge in [0.1, 0.15) is 29.0 Å². The normalized spacial score (nSPS) is 37.3. The van der Waals surface area contributed by atoms with Gasteiger partial charge in [-0.1, -0.05) is 32.9 Å². The molecule has 4 aliphatic heterocycles. The number of nitrogens with one attached hydrogen (secondary N) is 2. The number of aryl methyl sites for hydroxylation is 1. The third kappa shape index (κ3) is 14.8. The molecule has 0 bridgehead atoms. The molecule has 0 radical (unpaired) electrons. The number of nitrogens with zero attached hydrogens (tertiary/aromatic N) is 3. The lowest BCUT2D eigenvalue weighted by Gasteiger charge is -2.50. The number of anilines is 1. The monoisotopic (exact) mass is 1160 g/mol. The first-order valence-electron chi connectivity index (χ1n) is 29.0. The van der Waals surface area contributed by atoms with Gasteiger partial charge in [0, 0.05) is 94.5 Å². The van der Waals surface area contributed by atoms with E-state index < -0.39 is 119 Å². The number of aliphatic hydroxyl groups is 3. The van der Waals surface area contributed by atoms with Crippen molar-refractivity contribution in [1.29, 1.82) is 0 Å². The number of aliphatic hydroxyl groups excluding tert-OH is 2. The molecule has 0 aliphatic carbocycles. The number of hydrogen-bond acceptors (Lipinski definition) is 21. The number of methoxy groups -OCH3 is 3. The van der Waals surface area contributed by atoms with E-state index in [4.69, 9.17) is 47.5 Å². The third-order valence-corrected chi connectivity index (χ3v) is 17.7. The summed E-state index contributed by atoms with van der Waals surface area (Å²) in [7, 11) is 8.26. The summed E-state index contributed by atoms with van der Waals surface area (Å²) < 4.78 is 59.0. The van der Waals surface area contributed by atoms with Crippen LogP contribution in [0, 0.1) is 23.7 Å². The molecule has 1 unspecified atom stereocenters. The zero-order valence-corrected chi connectivity index (χ0v) is 51.1. The quantitative estimate of drug-likeness (QED) is 0.0440. The van der Waals surface area contributed by atoms with Crippen molar-refractivity contribution in [3.8, 4) is 0 Å². The molecule has 5 heterocycles. The number of oxime groups is 1. The topological polar surface area (TPSA) is 286 Å². The van der Waals surface area contributed by atoms with Gasteiger partial charge >= 0.3 is 17.9 Å². The van der Waals surface area contributed by atoms with E-state index in [1.54, 1.807) is 40.7 Å². The Balaban J connectivity index is 1.22. The van der Waals surface area contributed by atoms with E-state index in [0.717, 1.165) is 23.9 Å². The maximum Gasteiger partial charge on any atom is 0.341 e. The average molecular weight is 1160 g/mol. The first-order chi connectivity index (χ1) is 38.6. The minimum absolute atomic E-state index is 0.0127. The fraction of sp³-hybridized carbons (Fsp3) is 0.780. The first-order valence-corrected chi connectivity index (χ1v) is 29.0. The van der Waals surface area contributed by atoms with Crippen molar-refractivity contribution in [1.82, 2.24) is 14.8 Å². The van der Waals surface area contributed by atoms with Gasteiger partial charge in [0.2, 0.25) is 12.2 Å². The number of likely N-dealkylation sites (N-methyl/N-ethyl adjacent to an activating group) is 1. The molecule has 1 aromatic heterocycles. The van der Waals surface area contributed by atoms with Crippen molar-refractivity contribution in [2.45, 2.75) is 211 Å². The minimum Gasteiger partial charge on any atom is -0.477 e. The molecular formula is C59H95N5O18. The van der Waals surface area contributed by atoms with Crippen LogP contribution in [0.4, 0.5) is 5.69 Å². The lowest BCUT2D eigenvalue weighted by Crippen LogP contribution is -2.61. The molecule has 3 fully saturated rings. The van der Waals surface area contributed by atoms with Gasteiger partial charge in [0.15, 0.2) is 18.7 Å². The van der Waals surface area contributed by atoms with Crippen molar-refractivity contribution in [3.63, 3.8) is 0 Å². The summed E-state index contributed by atoms with van der Waals surface area (Å²) in [6.45, 7) is 20.6. The number of rotatable bonds is 20. The number of aromatic carboxylic acids is 1. The molecule has 0 saturated carbocycles. The van der Waals surface area contributed by atoms with Crippen LogP contribution in [0.1, 0.15) is 137 Å². The molecule has 1 aromatic carbocycles. The summed E-state index contributed by atoms with van der Waals surface area (Å²) in [5, 5.41) is 57.3. The third-order valence-electron chi connectivity index (χ3n) is 17.7. The fourth-order valence-corrected chi connectivity index (χ4v) is 12.8. The summed E-state index contributed by atoms with van der Waals surface area (Å²) in [5.41, 5.74) is -2.43. The second-order valence-corrected chi connectivity index (χ2v) is 24.2. The number of ether oxygens (including phenoxy) is 9. The lowest BCUT2D eigenvalue weighted by molar-refractivity contribution is -0.320. The SMILES string of the molecule is CC[C@H]1OC(=O)[C@H](C)[C@@H](O[C@H]2C[C@@](C)(OC)[C@@H](OC(=O)CCNCCNc3cc4c5c(c3)c(=O)c(C(=O)O)cn5C(C)CC4)[C@H](C)O2)[C@H](C)[C@@H](O[C@H]2O[C@@H](C)C[C@@H](N(C)C)[C@@H]2O)[C@](C)(OC)C[C@@H](C)/C(=N\OCOC)[C@H](C)[C@@H](O)[C@]1(C)O. The highest BCUT2D eigenvalue weighted by Crippen LogP contribution is 2.43. The molecular weight excluding hydrogens is 1070 g/mol. The Hall–Kier alpha value is -4.37. The second kappa shape index (κ2) is 28.2. The van der Waals surface area contributed by atoms with Crippen LogP contribution in [-0.2, 0) is 63.5 Å². The number of benzene rings is 1. The van der Waals surface area contributed by atoms with Gasteiger partial charge in [-0.05, 0) is 112 Å². The highest BCUT2D eigenvalue weighted by molar-refractivity contribution is 5.95. The zero-order valence-electron chi connectivity index (χ0n) is 51.1. The summed E-state index contributed by atoms with van der Waals surface area (Å²) in [6, 6.07) is 3.41. The number of esters is 2. The number of carboxylic acids is 1. The van der Waals surface area contributed by atoms with Crippen LogP contribution in [-0.4, -0.2) is 200 Å². The van der Waals surface area contributed by atoms with Gasteiger partial charge in [0.25, 0.3) is 0 Å². The molecule has 82 heavy (non-hydrogen) atoms. The van der Waals surface area contributed by atoms with E-state index in [-0.39, 0.29) is 62.8 Å². The lowest BCUT2D eigenvalue weighted by atomic mass is 9.73. The van der Waals surface area contributed by atoms with Crippen molar-refractivity contribution in [3.05, 3.63) is 39.7 Å². The Morgan fingerprint density at radius 3 is 2.22 bits per heavy atom. The van der Waals surface area contributed by atoms with Gasteiger partial charge in [-0.3, -0.25) is 14.4 Å². The smallest absolute Gasteiger partial charge is 0.341 e. The zero-order chi connectivity index (χ0) is 60.8. The summed E-state index contributed by atoms with van der Waals surface area (Å²) >= 11 is 0. The second-order valence-electron chi connectivity index (χ2n) is 24.2. The van der Waals surface area contributed by atoms with Gasteiger partial charge in [-0.25, -0.2) is 4.79 Å². The number of carboxylic acid groups (broad SMARTS) is 1. The highest BCUT2D eigenvalue weighted by Gasteiger charge is 2.55. The molecule has 6 N–H and O–H groups in total. The van der Waals surface area contributed by atoms with Crippen LogP contribution >= 0.6 is 0 Å². The molecule has 2 aromatic rings. The van der Waals surface area contributed by atoms with E-state index in [0.29, 0.717) is 36.3 Å². The standard InChI is InChI=1S/C59H95N5O18/c1-17-43-59(11,72)51(68)34(5)46(62-76-30-73-14)31(2)27-57(9,74-15)52(82-56-49(67)42(63(12)13)24-33(4)77-56)35(6)50(36(7)55(71)79-43)81-45-28-58(10,75-16)53(37(8)78-45)80-44(65)20-21-60-22-23-61-39-25-38-19-18-32(3)64-29-41(54(69)70)48(66)40(26-39)47(38)64/h25-26,29,31-37,42-43,45,49-53,56,60-61,67-68,72H,17-24,27-28,30H2,1-16H3,(H,69,70)/b62-46+/t31-,32?,33+,34+,35+,36-,37+,42-,43-,45+,49+,50+,51-,52-,53+,56-,57-,58-,59-/m1/s1. The molecule has 0 amide bonds. The van der Waals surface area contributed by atoms with Gasteiger partial charge in [-0.15, -0.1) is 0 Å². The molecule has 4 aliphatic rings. The van der Waals surface area contributed by atoms with Crippen LogP contribution < -0.4 is 16.1 Å². The summed E-state index contributed by atoms with van der Waals surface area (Å²) in [6.07, 6.45) is -6.26. The maximum atomic E-state index is 14.8. The predicted molar refractivity (Wildman–Crippen MR) is 304 cm³/mol. The van der Waals surface area contributed by atoms with Gasteiger partial charge in [-0.2, -0.15) is 0 Å². The number of carbonyl (C=O) groups is 3. The first kappa shape index (κ1) is 66.8.